The van der Waals surface area contributed by atoms with Crippen LogP contribution in [0.5, 0.6) is 0 Å². The number of rotatable bonds is 6. The molecule has 0 aliphatic carbocycles. The quantitative estimate of drug-likeness (QED) is 0.549. The highest BCUT2D eigenvalue weighted by atomic mass is 35.5. The number of hydrogen-bond acceptors (Lipinski definition) is 4. The average Bonchev–Trinajstić information content (AvgIpc) is 3.03. The average molecular weight is 470 g/mol. The molecule has 1 aliphatic heterocycles. The predicted molar refractivity (Wildman–Crippen MR) is 124 cm³/mol. The predicted octanol–water partition coefficient (Wildman–Crippen LogP) is 4.67. The molecule has 0 saturated heterocycles. The number of nitrogens with zero attached hydrogens (tertiary/aromatic N) is 3. The number of hydrogen-bond donors (Lipinski definition) is 2. The van der Waals surface area contributed by atoms with Gasteiger partial charge in [-0.25, -0.2) is 4.39 Å². The summed E-state index contributed by atoms with van der Waals surface area (Å²) in [5.41, 5.74) is 1.47. The van der Waals surface area contributed by atoms with Crippen LogP contribution in [0.3, 0.4) is 0 Å². The topological polar surface area (TPSA) is 88.9 Å². The molecule has 1 atom stereocenters. The van der Waals surface area contributed by atoms with Crippen LogP contribution in [-0.2, 0) is 22.6 Å². The molecule has 0 spiro atoms. The van der Waals surface area contributed by atoms with E-state index in [1.165, 1.54) is 13.0 Å². The maximum Gasteiger partial charge on any atom is 0.226 e. The first kappa shape index (κ1) is 22.9. The molecule has 2 N–H and O–H groups in total. The number of nitrogens with one attached hydrogen (secondary N) is 2. The molecule has 2 aromatic carbocycles. The van der Waals surface area contributed by atoms with Gasteiger partial charge < -0.3 is 15.2 Å². The SMILES string of the molecule is CC(=O)NC(CC(=O)Nc1cc(-c2nnc3n2CCCCC3)ccc1F)c1ccc(Cl)cc1. The molecule has 7 nitrogen and oxygen atoms in total. The van der Waals surface area contributed by atoms with Crippen molar-refractivity contribution in [3.63, 3.8) is 0 Å². The van der Waals surface area contributed by atoms with Gasteiger partial charge in [-0.3, -0.25) is 9.59 Å². The number of benzene rings is 2. The van der Waals surface area contributed by atoms with Gasteiger partial charge in [-0.05, 0) is 48.7 Å². The summed E-state index contributed by atoms with van der Waals surface area (Å²) >= 11 is 5.94. The second-order valence-electron chi connectivity index (χ2n) is 8.15. The summed E-state index contributed by atoms with van der Waals surface area (Å²) in [5.74, 6) is 0.340. The minimum atomic E-state index is -0.571. The number of halogens is 2. The van der Waals surface area contributed by atoms with Crippen molar-refractivity contribution in [1.82, 2.24) is 20.1 Å². The molecule has 1 unspecified atom stereocenters. The molecule has 9 heteroatoms. The zero-order chi connectivity index (χ0) is 23.4. The van der Waals surface area contributed by atoms with Crippen molar-refractivity contribution in [3.8, 4) is 11.4 Å². The second-order valence-corrected chi connectivity index (χ2v) is 8.59. The van der Waals surface area contributed by atoms with Crippen molar-refractivity contribution < 1.29 is 14.0 Å². The molecule has 0 saturated carbocycles. The van der Waals surface area contributed by atoms with Crippen molar-refractivity contribution in [2.45, 2.75) is 51.6 Å². The molecule has 0 bridgehead atoms. The normalized spacial score (nSPS) is 14.2. The molecule has 2 heterocycles. The van der Waals surface area contributed by atoms with Crippen LogP contribution in [0.25, 0.3) is 11.4 Å². The molecule has 33 heavy (non-hydrogen) atoms. The van der Waals surface area contributed by atoms with Gasteiger partial charge in [0.05, 0.1) is 18.2 Å². The lowest BCUT2D eigenvalue weighted by Crippen LogP contribution is -2.29. The monoisotopic (exact) mass is 469 g/mol. The second kappa shape index (κ2) is 10.1. The highest BCUT2D eigenvalue weighted by Gasteiger charge is 2.20. The highest BCUT2D eigenvalue weighted by molar-refractivity contribution is 6.30. The van der Waals surface area contributed by atoms with Gasteiger partial charge >= 0.3 is 0 Å². The zero-order valence-electron chi connectivity index (χ0n) is 18.3. The van der Waals surface area contributed by atoms with Crippen molar-refractivity contribution in [1.29, 1.82) is 0 Å². The molecule has 1 aromatic heterocycles. The van der Waals surface area contributed by atoms with Crippen LogP contribution in [0.2, 0.25) is 5.02 Å². The molecule has 0 radical (unpaired) electrons. The Morgan fingerprint density at radius 3 is 2.67 bits per heavy atom. The minimum Gasteiger partial charge on any atom is -0.349 e. The highest BCUT2D eigenvalue weighted by Crippen LogP contribution is 2.27. The lowest BCUT2D eigenvalue weighted by molar-refractivity contribution is -0.120. The van der Waals surface area contributed by atoms with E-state index in [4.69, 9.17) is 11.6 Å². The van der Waals surface area contributed by atoms with E-state index in [0.717, 1.165) is 43.6 Å². The first-order valence-corrected chi connectivity index (χ1v) is 11.3. The van der Waals surface area contributed by atoms with E-state index in [0.29, 0.717) is 16.4 Å². The smallest absolute Gasteiger partial charge is 0.226 e. The van der Waals surface area contributed by atoms with Gasteiger partial charge in [0.25, 0.3) is 0 Å². The summed E-state index contributed by atoms with van der Waals surface area (Å²) in [6, 6.07) is 10.8. The van der Waals surface area contributed by atoms with Crippen molar-refractivity contribution in [3.05, 3.63) is 64.7 Å². The Morgan fingerprint density at radius 1 is 1.12 bits per heavy atom. The van der Waals surface area contributed by atoms with Gasteiger partial charge in [-0.1, -0.05) is 30.2 Å². The summed E-state index contributed by atoms with van der Waals surface area (Å²) in [7, 11) is 0. The fourth-order valence-electron chi connectivity index (χ4n) is 4.04. The third-order valence-electron chi connectivity index (χ3n) is 5.65. The number of anilines is 1. The third-order valence-corrected chi connectivity index (χ3v) is 5.90. The molecule has 3 aromatic rings. The fourth-order valence-corrected chi connectivity index (χ4v) is 4.16. The van der Waals surface area contributed by atoms with Crippen LogP contribution in [0.4, 0.5) is 10.1 Å². The Bertz CT molecular complexity index is 1160. The molecular weight excluding hydrogens is 445 g/mol. The summed E-state index contributed by atoms with van der Waals surface area (Å²) in [6.07, 6.45) is 4.05. The van der Waals surface area contributed by atoms with Crippen LogP contribution >= 0.6 is 11.6 Å². The van der Waals surface area contributed by atoms with Gasteiger partial charge in [0.1, 0.15) is 11.6 Å². The Labute approximate surface area is 196 Å². The molecular formula is C24H25ClFN5O2. The van der Waals surface area contributed by atoms with Crippen molar-refractivity contribution >= 4 is 29.1 Å². The first-order valence-electron chi connectivity index (χ1n) is 10.9. The Kier molecular flexibility index (Phi) is 7.03. The van der Waals surface area contributed by atoms with E-state index in [2.05, 4.69) is 25.4 Å². The van der Waals surface area contributed by atoms with Gasteiger partial charge in [0.2, 0.25) is 11.8 Å². The Balaban J connectivity index is 1.53. The van der Waals surface area contributed by atoms with Gasteiger partial charge in [0, 0.05) is 30.5 Å². The van der Waals surface area contributed by atoms with Crippen LogP contribution in [0.15, 0.2) is 42.5 Å². The van der Waals surface area contributed by atoms with Crippen LogP contribution in [-0.4, -0.2) is 26.6 Å². The van der Waals surface area contributed by atoms with Crippen LogP contribution in [0, 0.1) is 5.82 Å². The van der Waals surface area contributed by atoms with Gasteiger partial charge in [-0.15, -0.1) is 10.2 Å². The van der Waals surface area contributed by atoms with E-state index in [1.807, 2.05) is 0 Å². The fraction of sp³-hybridized carbons (Fsp3) is 0.333. The minimum absolute atomic E-state index is 0.0566. The van der Waals surface area contributed by atoms with Gasteiger partial charge in [0.15, 0.2) is 5.82 Å². The van der Waals surface area contributed by atoms with E-state index in [-0.39, 0.29) is 18.0 Å². The van der Waals surface area contributed by atoms with E-state index in [9.17, 15) is 14.0 Å². The molecule has 0 fully saturated rings. The molecule has 2 amide bonds. The Hall–Kier alpha value is -3.26. The standard InChI is InChI=1S/C24H25ClFN5O2/c1-15(32)27-20(16-6-9-18(25)10-7-16)14-23(33)28-21-13-17(8-11-19(21)26)24-30-29-22-5-3-2-4-12-31(22)24/h6-11,13,20H,2-5,12,14H2,1H3,(H,27,32)(H,28,33). The molecule has 4 rings (SSSR count). The summed E-state index contributed by atoms with van der Waals surface area (Å²) in [5, 5.41) is 14.6. The van der Waals surface area contributed by atoms with Crippen molar-refractivity contribution in [2.75, 3.05) is 5.32 Å². The number of carbonyl (C=O) groups is 2. The summed E-state index contributed by atoms with van der Waals surface area (Å²) in [4.78, 5) is 24.4. The van der Waals surface area contributed by atoms with E-state index >= 15 is 0 Å². The van der Waals surface area contributed by atoms with E-state index < -0.39 is 17.8 Å². The van der Waals surface area contributed by atoms with Crippen molar-refractivity contribution in [2.24, 2.45) is 0 Å². The molecule has 172 valence electrons. The molecule has 1 aliphatic rings. The van der Waals surface area contributed by atoms with E-state index in [1.54, 1.807) is 36.4 Å². The summed E-state index contributed by atoms with van der Waals surface area (Å²) < 4.78 is 16.6. The van der Waals surface area contributed by atoms with Crippen LogP contribution < -0.4 is 10.6 Å². The summed E-state index contributed by atoms with van der Waals surface area (Å²) in [6.45, 7) is 2.20. The number of fused-ring (bicyclic) bond motifs is 1. The first-order chi connectivity index (χ1) is 15.9. The number of aromatic nitrogens is 3. The Morgan fingerprint density at radius 2 is 1.91 bits per heavy atom. The van der Waals surface area contributed by atoms with Crippen LogP contribution in [0.1, 0.15) is 50.0 Å². The maximum atomic E-state index is 14.5. The third kappa shape index (κ3) is 5.57. The lowest BCUT2D eigenvalue weighted by atomic mass is 10.0. The number of aryl methyl sites for hydroxylation is 1. The zero-order valence-corrected chi connectivity index (χ0v) is 19.0. The number of carbonyl (C=O) groups excluding carboxylic acids is 2. The maximum absolute atomic E-state index is 14.5. The number of amides is 2. The van der Waals surface area contributed by atoms with Gasteiger partial charge in [-0.2, -0.15) is 0 Å². The lowest BCUT2D eigenvalue weighted by Gasteiger charge is -2.18. The largest absolute Gasteiger partial charge is 0.349 e.